The second kappa shape index (κ2) is 6.12. The molecule has 1 aliphatic rings. The number of hydrogen-bond acceptors (Lipinski definition) is 4. The van der Waals surface area contributed by atoms with Crippen molar-refractivity contribution >= 4 is 11.9 Å². The second-order valence-corrected chi connectivity index (χ2v) is 5.46. The fourth-order valence-electron chi connectivity index (χ4n) is 2.92. The maximum absolute atomic E-state index is 12.6. The Morgan fingerprint density at radius 3 is 2.52 bits per heavy atom. The van der Waals surface area contributed by atoms with E-state index in [-0.39, 0.29) is 12.3 Å². The van der Waals surface area contributed by atoms with Crippen LogP contribution in [0.3, 0.4) is 0 Å². The van der Waals surface area contributed by atoms with Crippen molar-refractivity contribution in [1.29, 1.82) is 0 Å². The monoisotopic (exact) mass is 310 g/mol. The predicted octanol–water partition coefficient (Wildman–Crippen LogP) is 1.53. The van der Waals surface area contributed by atoms with Gasteiger partial charge in [-0.3, -0.25) is 4.79 Å². The first-order valence-electron chi connectivity index (χ1n) is 7.33. The Morgan fingerprint density at radius 2 is 1.91 bits per heavy atom. The van der Waals surface area contributed by atoms with Gasteiger partial charge in [-0.15, -0.1) is 0 Å². The Labute approximate surface area is 134 Å². The van der Waals surface area contributed by atoms with Gasteiger partial charge in [-0.2, -0.15) is 0 Å². The van der Waals surface area contributed by atoms with Crippen LogP contribution in [0, 0.1) is 0 Å². The summed E-state index contributed by atoms with van der Waals surface area (Å²) in [6.07, 6.45) is -0.244. The summed E-state index contributed by atoms with van der Waals surface area (Å²) in [5.41, 5.74) is 2.29. The molecule has 2 aromatic carbocycles. The standard InChI is InChI=1S/C18H17NO4/c1-23-14-8-6-12(7-9-14)16(10-17(20)21)19-11-13-4-2-3-5-15(13)18(19)22/h2-9,16H,10-11H2,1H3,(H,20,21)/p-1/t16-/m1/s1. The first-order chi connectivity index (χ1) is 11.1. The number of methoxy groups -OCH3 is 1. The maximum atomic E-state index is 12.6. The number of carbonyl (C=O) groups excluding carboxylic acids is 2. The molecule has 0 N–H and O–H groups in total. The van der Waals surface area contributed by atoms with E-state index in [9.17, 15) is 14.7 Å². The first-order valence-corrected chi connectivity index (χ1v) is 7.33. The largest absolute Gasteiger partial charge is 0.550 e. The summed E-state index contributed by atoms with van der Waals surface area (Å²) in [6, 6.07) is 13.8. The van der Waals surface area contributed by atoms with Gasteiger partial charge in [0.1, 0.15) is 5.75 Å². The van der Waals surface area contributed by atoms with Crippen LogP contribution >= 0.6 is 0 Å². The number of carboxylic acids is 1. The molecular formula is C18H16NO4-. The van der Waals surface area contributed by atoms with Crippen molar-refractivity contribution in [2.75, 3.05) is 7.11 Å². The van der Waals surface area contributed by atoms with Crippen LogP contribution in [0.1, 0.15) is 33.9 Å². The van der Waals surface area contributed by atoms with Gasteiger partial charge in [0.2, 0.25) is 0 Å². The molecular weight excluding hydrogens is 294 g/mol. The van der Waals surface area contributed by atoms with Crippen LogP contribution in [0.5, 0.6) is 5.75 Å². The van der Waals surface area contributed by atoms with E-state index in [4.69, 9.17) is 4.74 Å². The zero-order valence-corrected chi connectivity index (χ0v) is 12.7. The van der Waals surface area contributed by atoms with E-state index in [0.29, 0.717) is 17.9 Å². The number of aliphatic carboxylic acids is 1. The van der Waals surface area contributed by atoms with Crippen molar-refractivity contribution < 1.29 is 19.4 Å². The molecule has 3 rings (SSSR count). The minimum absolute atomic E-state index is 0.150. The summed E-state index contributed by atoms with van der Waals surface area (Å²) < 4.78 is 5.12. The Morgan fingerprint density at radius 1 is 1.22 bits per heavy atom. The second-order valence-electron chi connectivity index (χ2n) is 5.46. The van der Waals surface area contributed by atoms with Gasteiger partial charge in [-0.1, -0.05) is 30.3 Å². The van der Waals surface area contributed by atoms with Crippen LogP contribution in [0.25, 0.3) is 0 Å². The summed E-state index contributed by atoms with van der Waals surface area (Å²) in [6.45, 7) is 0.402. The Bertz CT molecular complexity index is 739. The highest BCUT2D eigenvalue weighted by atomic mass is 16.5. The average Bonchev–Trinajstić information content (AvgIpc) is 2.90. The summed E-state index contributed by atoms with van der Waals surface area (Å²) in [5.74, 6) is -0.658. The van der Waals surface area contributed by atoms with E-state index in [1.807, 2.05) is 12.1 Å². The minimum Gasteiger partial charge on any atom is -0.550 e. The van der Waals surface area contributed by atoms with Crippen LogP contribution in [-0.4, -0.2) is 23.9 Å². The number of carbonyl (C=O) groups is 2. The van der Waals surface area contributed by atoms with Crippen molar-refractivity contribution in [2.24, 2.45) is 0 Å². The molecule has 2 aromatic rings. The van der Waals surface area contributed by atoms with E-state index >= 15 is 0 Å². The lowest BCUT2D eigenvalue weighted by Gasteiger charge is -2.28. The molecule has 0 spiro atoms. The van der Waals surface area contributed by atoms with Crippen molar-refractivity contribution in [3.05, 3.63) is 65.2 Å². The number of benzene rings is 2. The molecule has 0 radical (unpaired) electrons. The molecule has 0 saturated heterocycles. The molecule has 5 heteroatoms. The summed E-state index contributed by atoms with van der Waals surface area (Å²) >= 11 is 0. The number of hydrogen-bond donors (Lipinski definition) is 0. The lowest BCUT2D eigenvalue weighted by Crippen LogP contribution is -2.34. The topological polar surface area (TPSA) is 69.7 Å². The number of carboxylic acid groups (broad SMARTS) is 1. The maximum Gasteiger partial charge on any atom is 0.255 e. The average molecular weight is 310 g/mol. The molecule has 23 heavy (non-hydrogen) atoms. The van der Waals surface area contributed by atoms with Gasteiger partial charge in [0.15, 0.2) is 0 Å². The Kier molecular flexibility index (Phi) is 4.02. The molecule has 118 valence electrons. The van der Waals surface area contributed by atoms with E-state index in [1.165, 1.54) is 0 Å². The highest BCUT2D eigenvalue weighted by molar-refractivity contribution is 5.98. The molecule has 5 nitrogen and oxygen atoms in total. The van der Waals surface area contributed by atoms with Gasteiger partial charge < -0.3 is 19.5 Å². The Hall–Kier alpha value is -2.82. The number of nitrogens with zero attached hydrogens (tertiary/aromatic N) is 1. The van der Waals surface area contributed by atoms with E-state index in [2.05, 4.69) is 0 Å². The number of fused-ring (bicyclic) bond motifs is 1. The lowest BCUT2D eigenvalue weighted by molar-refractivity contribution is -0.306. The Balaban J connectivity index is 1.94. The summed E-state index contributed by atoms with van der Waals surface area (Å²) in [7, 11) is 1.56. The van der Waals surface area contributed by atoms with Crippen molar-refractivity contribution in [2.45, 2.75) is 19.0 Å². The van der Waals surface area contributed by atoms with Gasteiger partial charge in [-0.25, -0.2) is 0 Å². The lowest BCUT2D eigenvalue weighted by atomic mass is 10.0. The van der Waals surface area contributed by atoms with E-state index in [1.54, 1.807) is 48.4 Å². The third kappa shape index (κ3) is 2.90. The summed E-state index contributed by atoms with van der Waals surface area (Å²) in [4.78, 5) is 25.4. The van der Waals surface area contributed by atoms with Crippen LogP contribution in [0.2, 0.25) is 0 Å². The fourth-order valence-corrected chi connectivity index (χ4v) is 2.92. The number of ether oxygens (including phenoxy) is 1. The highest BCUT2D eigenvalue weighted by Crippen LogP contribution is 2.33. The van der Waals surface area contributed by atoms with Crippen LogP contribution in [-0.2, 0) is 11.3 Å². The summed E-state index contributed by atoms with van der Waals surface area (Å²) in [5, 5.41) is 11.2. The number of amides is 1. The highest BCUT2D eigenvalue weighted by Gasteiger charge is 2.33. The molecule has 0 bridgehead atoms. The molecule has 0 fully saturated rings. The zero-order valence-electron chi connectivity index (χ0n) is 12.7. The molecule has 1 atom stereocenters. The van der Waals surface area contributed by atoms with Gasteiger partial charge >= 0.3 is 0 Å². The van der Waals surface area contributed by atoms with Gasteiger partial charge in [0, 0.05) is 24.5 Å². The normalized spacial score (nSPS) is 14.5. The SMILES string of the molecule is COc1ccc([C@@H](CC(=O)[O-])N2Cc3ccccc3C2=O)cc1. The van der Waals surface area contributed by atoms with Crippen LogP contribution in [0.15, 0.2) is 48.5 Å². The third-order valence-electron chi connectivity index (χ3n) is 4.09. The third-order valence-corrected chi connectivity index (χ3v) is 4.09. The van der Waals surface area contributed by atoms with E-state index < -0.39 is 12.0 Å². The van der Waals surface area contributed by atoms with Crippen molar-refractivity contribution in [3.8, 4) is 5.75 Å². The predicted molar refractivity (Wildman–Crippen MR) is 81.7 cm³/mol. The van der Waals surface area contributed by atoms with Crippen molar-refractivity contribution in [1.82, 2.24) is 4.90 Å². The van der Waals surface area contributed by atoms with Gasteiger partial charge in [0.25, 0.3) is 5.91 Å². The quantitative estimate of drug-likeness (QED) is 0.840. The molecule has 0 aliphatic carbocycles. The molecule has 1 heterocycles. The first kappa shape index (κ1) is 15.1. The van der Waals surface area contributed by atoms with E-state index in [0.717, 1.165) is 11.1 Å². The van der Waals surface area contributed by atoms with Gasteiger partial charge in [-0.05, 0) is 29.3 Å². The molecule has 0 unspecified atom stereocenters. The van der Waals surface area contributed by atoms with Crippen LogP contribution in [0.4, 0.5) is 0 Å². The molecule has 0 saturated carbocycles. The molecule has 1 aliphatic heterocycles. The van der Waals surface area contributed by atoms with Crippen molar-refractivity contribution in [3.63, 3.8) is 0 Å². The number of rotatable bonds is 5. The fraction of sp³-hybridized carbons (Fsp3) is 0.222. The molecule has 0 aromatic heterocycles. The smallest absolute Gasteiger partial charge is 0.255 e. The molecule has 1 amide bonds. The van der Waals surface area contributed by atoms with Gasteiger partial charge in [0.05, 0.1) is 13.2 Å². The minimum atomic E-state index is -1.19. The van der Waals surface area contributed by atoms with Crippen LogP contribution < -0.4 is 9.84 Å². The zero-order chi connectivity index (χ0) is 16.4.